The summed E-state index contributed by atoms with van der Waals surface area (Å²) in [5.74, 6) is 1.18. The zero-order valence-electron chi connectivity index (χ0n) is 8.90. The van der Waals surface area contributed by atoms with E-state index in [2.05, 4.69) is 20.5 Å². The molecule has 88 valence electrons. The summed E-state index contributed by atoms with van der Waals surface area (Å²) in [6, 6.07) is 5.25. The van der Waals surface area contributed by atoms with Crippen molar-refractivity contribution in [3.05, 3.63) is 34.2 Å². The van der Waals surface area contributed by atoms with Crippen LogP contribution in [0, 0.1) is 4.77 Å². The normalized spacial score (nSPS) is 10.0. The molecule has 7 heteroatoms. The topological polar surface area (TPSA) is 62.8 Å². The maximum Gasteiger partial charge on any atom is 0.215 e. The molecule has 1 heterocycles. The quantitative estimate of drug-likeness (QED) is 0.838. The lowest BCUT2D eigenvalue weighted by Crippen LogP contribution is -1.98. The van der Waals surface area contributed by atoms with Crippen LogP contribution in [0.2, 0.25) is 5.02 Å². The number of aromatic amines is 1. The Morgan fingerprint density at radius 3 is 3.00 bits per heavy atom. The van der Waals surface area contributed by atoms with Crippen molar-refractivity contribution in [1.29, 1.82) is 0 Å². The molecule has 2 N–H and O–H groups in total. The third kappa shape index (κ3) is 2.92. The summed E-state index contributed by atoms with van der Waals surface area (Å²) in [7, 11) is 1.58. The number of halogens is 1. The number of ether oxygens (including phenoxy) is 1. The van der Waals surface area contributed by atoms with E-state index in [-0.39, 0.29) is 0 Å². The third-order valence-corrected chi connectivity index (χ3v) is 2.41. The van der Waals surface area contributed by atoms with Gasteiger partial charge in [-0.25, -0.2) is 0 Å². The molecule has 0 aliphatic carbocycles. The minimum Gasteiger partial charge on any atom is -0.495 e. The van der Waals surface area contributed by atoms with Crippen molar-refractivity contribution in [3.8, 4) is 5.75 Å². The summed E-state index contributed by atoms with van der Waals surface area (Å²) in [5, 5.41) is 10.0. The molecule has 0 aliphatic heterocycles. The van der Waals surface area contributed by atoms with Crippen molar-refractivity contribution in [2.24, 2.45) is 0 Å². The van der Waals surface area contributed by atoms with Gasteiger partial charge in [-0.2, -0.15) is 10.1 Å². The number of methoxy groups -OCH3 is 1. The number of benzene rings is 1. The molecule has 17 heavy (non-hydrogen) atoms. The van der Waals surface area contributed by atoms with E-state index in [0.717, 1.165) is 0 Å². The lowest BCUT2D eigenvalue weighted by Gasteiger charge is -2.10. The van der Waals surface area contributed by atoms with Gasteiger partial charge in [0, 0.05) is 5.02 Å². The maximum atomic E-state index is 5.91. The molecule has 0 saturated heterocycles. The zero-order valence-corrected chi connectivity index (χ0v) is 10.5. The van der Waals surface area contributed by atoms with Gasteiger partial charge in [0.05, 0.1) is 19.0 Å². The number of rotatable bonds is 3. The smallest absolute Gasteiger partial charge is 0.215 e. The van der Waals surface area contributed by atoms with Crippen molar-refractivity contribution >= 4 is 35.3 Å². The Balaban J connectivity index is 2.35. The highest BCUT2D eigenvalue weighted by Gasteiger charge is 2.05. The predicted molar refractivity (Wildman–Crippen MR) is 68.5 cm³/mol. The molecule has 0 fully saturated rings. The summed E-state index contributed by atoms with van der Waals surface area (Å²) >= 11 is 10.8. The molecule has 0 spiro atoms. The lowest BCUT2D eigenvalue weighted by molar-refractivity contribution is 0.417. The van der Waals surface area contributed by atoms with Crippen LogP contribution in [0.4, 0.5) is 11.5 Å². The van der Waals surface area contributed by atoms with E-state index in [0.29, 0.717) is 27.0 Å². The van der Waals surface area contributed by atoms with Gasteiger partial charge in [0.25, 0.3) is 0 Å². The monoisotopic (exact) mass is 268 g/mol. The Bertz CT molecular complexity index is 587. The van der Waals surface area contributed by atoms with Gasteiger partial charge in [-0.1, -0.05) is 11.6 Å². The van der Waals surface area contributed by atoms with E-state index in [1.54, 1.807) is 25.3 Å². The fraction of sp³-hybridized carbons (Fsp3) is 0.100. The minimum atomic E-state index is 0.302. The predicted octanol–water partition coefficient (Wildman–Crippen LogP) is 2.94. The van der Waals surface area contributed by atoms with Crippen LogP contribution in [0.5, 0.6) is 5.75 Å². The fourth-order valence-electron chi connectivity index (χ4n) is 1.29. The molecule has 1 aromatic heterocycles. The molecule has 2 rings (SSSR count). The van der Waals surface area contributed by atoms with Crippen molar-refractivity contribution in [1.82, 2.24) is 15.2 Å². The van der Waals surface area contributed by atoms with Gasteiger partial charge < -0.3 is 10.1 Å². The van der Waals surface area contributed by atoms with Crippen molar-refractivity contribution in [2.45, 2.75) is 0 Å². The minimum absolute atomic E-state index is 0.302. The number of anilines is 2. The molecule has 0 aliphatic rings. The molecule has 0 unspecified atom stereocenters. The first-order chi connectivity index (χ1) is 8.19. The Morgan fingerprint density at radius 1 is 1.47 bits per heavy atom. The van der Waals surface area contributed by atoms with E-state index in [4.69, 9.17) is 28.6 Å². The highest BCUT2D eigenvalue weighted by atomic mass is 35.5. The highest BCUT2D eigenvalue weighted by molar-refractivity contribution is 7.71. The second kappa shape index (κ2) is 5.11. The maximum absolute atomic E-state index is 5.91. The molecule has 2 aromatic rings. The van der Waals surface area contributed by atoms with Crippen LogP contribution >= 0.6 is 23.8 Å². The van der Waals surface area contributed by atoms with Crippen LogP contribution in [-0.2, 0) is 0 Å². The number of H-pyrrole nitrogens is 1. The van der Waals surface area contributed by atoms with E-state index >= 15 is 0 Å². The van der Waals surface area contributed by atoms with E-state index in [9.17, 15) is 0 Å². The van der Waals surface area contributed by atoms with Crippen molar-refractivity contribution in [2.75, 3.05) is 12.4 Å². The SMILES string of the molecule is COc1ccc(Cl)cc1Nc1cn[nH]c(=S)n1. The molecule has 0 amide bonds. The summed E-state index contributed by atoms with van der Waals surface area (Å²) in [4.78, 5) is 4.06. The standard InChI is InChI=1S/C10H9ClN4OS/c1-16-8-3-2-6(11)4-7(8)13-9-5-12-15-10(17)14-9/h2-5H,1H3,(H2,13,14,15,17). The van der Waals surface area contributed by atoms with E-state index < -0.39 is 0 Å². The molecular formula is C10H9ClN4OS. The van der Waals surface area contributed by atoms with E-state index in [1.165, 1.54) is 6.20 Å². The van der Waals surface area contributed by atoms with Gasteiger partial charge in [0.2, 0.25) is 4.77 Å². The number of nitrogens with one attached hydrogen (secondary N) is 2. The highest BCUT2D eigenvalue weighted by Crippen LogP contribution is 2.29. The number of nitrogens with zero attached hydrogens (tertiary/aromatic N) is 2. The van der Waals surface area contributed by atoms with Gasteiger partial charge >= 0.3 is 0 Å². The molecule has 5 nitrogen and oxygen atoms in total. The average molecular weight is 269 g/mol. The van der Waals surface area contributed by atoms with Gasteiger partial charge in [0.15, 0.2) is 5.82 Å². The third-order valence-electron chi connectivity index (χ3n) is 1.99. The van der Waals surface area contributed by atoms with Crippen LogP contribution in [0.15, 0.2) is 24.4 Å². The molecule has 0 saturated carbocycles. The fourth-order valence-corrected chi connectivity index (χ4v) is 1.61. The molecule has 0 radical (unpaired) electrons. The number of hydrogen-bond donors (Lipinski definition) is 2. The largest absolute Gasteiger partial charge is 0.495 e. The van der Waals surface area contributed by atoms with Crippen molar-refractivity contribution < 1.29 is 4.74 Å². The van der Waals surface area contributed by atoms with Gasteiger partial charge in [0.1, 0.15) is 5.75 Å². The second-order valence-corrected chi connectivity index (χ2v) is 3.96. The Labute approximate surface area is 108 Å². The average Bonchev–Trinajstić information content (AvgIpc) is 2.29. The molecule has 0 atom stereocenters. The van der Waals surface area contributed by atoms with Gasteiger partial charge in [-0.3, -0.25) is 5.10 Å². The molecule has 0 bridgehead atoms. The van der Waals surface area contributed by atoms with Crippen LogP contribution in [0.1, 0.15) is 0 Å². The van der Waals surface area contributed by atoms with Gasteiger partial charge in [-0.05, 0) is 30.4 Å². The first-order valence-corrected chi connectivity index (χ1v) is 5.50. The summed E-state index contributed by atoms with van der Waals surface area (Å²) in [5.41, 5.74) is 0.704. The zero-order chi connectivity index (χ0) is 12.3. The molecular weight excluding hydrogens is 260 g/mol. The summed E-state index contributed by atoms with van der Waals surface area (Å²) in [6.45, 7) is 0. The number of aromatic nitrogens is 3. The van der Waals surface area contributed by atoms with Crippen LogP contribution < -0.4 is 10.1 Å². The van der Waals surface area contributed by atoms with Crippen LogP contribution in [0.3, 0.4) is 0 Å². The van der Waals surface area contributed by atoms with Gasteiger partial charge in [-0.15, -0.1) is 0 Å². The van der Waals surface area contributed by atoms with Crippen LogP contribution in [0.25, 0.3) is 0 Å². The summed E-state index contributed by atoms with van der Waals surface area (Å²) < 4.78 is 5.50. The first-order valence-electron chi connectivity index (χ1n) is 4.71. The Hall–Kier alpha value is -1.66. The first kappa shape index (κ1) is 11.8. The van der Waals surface area contributed by atoms with Crippen LogP contribution in [-0.4, -0.2) is 22.3 Å². The second-order valence-electron chi connectivity index (χ2n) is 3.14. The summed E-state index contributed by atoms with van der Waals surface area (Å²) in [6.07, 6.45) is 1.52. The van der Waals surface area contributed by atoms with E-state index in [1.807, 2.05) is 0 Å². The van der Waals surface area contributed by atoms with Crippen molar-refractivity contribution in [3.63, 3.8) is 0 Å². The Kier molecular flexibility index (Phi) is 3.55. The Morgan fingerprint density at radius 2 is 2.29 bits per heavy atom. The molecule has 1 aromatic carbocycles. The lowest BCUT2D eigenvalue weighted by atomic mass is 10.3. The number of hydrogen-bond acceptors (Lipinski definition) is 5.